The summed E-state index contributed by atoms with van der Waals surface area (Å²) in [6.07, 6.45) is 1.67. The van der Waals surface area contributed by atoms with E-state index in [0.717, 1.165) is 21.4 Å². The zero-order chi connectivity index (χ0) is 18.4. The average Bonchev–Trinajstić information content (AvgIpc) is 3.31. The second-order valence-corrected chi connectivity index (χ2v) is 7.90. The van der Waals surface area contributed by atoms with Crippen molar-refractivity contribution in [3.63, 3.8) is 0 Å². The van der Waals surface area contributed by atoms with Gasteiger partial charge in [-0.05, 0) is 23.9 Å². The van der Waals surface area contributed by atoms with Gasteiger partial charge in [0.1, 0.15) is 0 Å². The molecular formula is C19H20N4OS2. The van der Waals surface area contributed by atoms with Gasteiger partial charge in [0.25, 0.3) is 0 Å². The molecule has 0 aliphatic carbocycles. The van der Waals surface area contributed by atoms with Crippen LogP contribution >= 0.6 is 23.1 Å². The molecule has 0 aliphatic rings. The van der Waals surface area contributed by atoms with Gasteiger partial charge in [-0.3, -0.25) is 9.36 Å². The third kappa shape index (κ3) is 4.42. The Bertz CT molecular complexity index is 859. The number of thiophene rings is 1. The first-order valence-corrected chi connectivity index (χ1v) is 10.0. The lowest BCUT2D eigenvalue weighted by Gasteiger charge is -2.13. The van der Waals surface area contributed by atoms with Gasteiger partial charge in [0.15, 0.2) is 11.0 Å². The van der Waals surface area contributed by atoms with E-state index in [-0.39, 0.29) is 11.2 Å². The predicted molar refractivity (Wildman–Crippen MR) is 107 cm³/mol. The number of amides is 1. The molecule has 5 nitrogen and oxygen atoms in total. The summed E-state index contributed by atoms with van der Waals surface area (Å²) in [5, 5.41) is 14.0. The van der Waals surface area contributed by atoms with Crippen molar-refractivity contribution in [1.82, 2.24) is 20.1 Å². The molecule has 7 heteroatoms. The highest BCUT2D eigenvalue weighted by Gasteiger charge is 2.21. The summed E-state index contributed by atoms with van der Waals surface area (Å²) < 4.78 is 2.07. The third-order valence-corrected chi connectivity index (χ3v) is 5.66. The first-order chi connectivity index (χ1) is 12.7. The number of nitrogens with zero attached hydrogens (tertiary/aromatic N) is 3. The molecule has 0 bridgehead atoms. The molecule has 0 fully saturated rings. The van der Waals surface area contributed by atoms with Gasteiger partial charge in [-0.1, -0.05) is 54.2 Å². The number of hydrogen-bond acceptors (Lipinski definition) is 5. The first kappa shape index (κ1) is 18.4. The minimum absolute atomic E-state index is 0.0400. The summed E-state index contributed by atoms with van der Waals surface area (Å²) >= 11 is 3.04. The van der Waals surface area contributed by atoms with Crippen LogP contribution in [0.2, 0.25) is 0 Å². The lowest BCUT2D eigenvalue weighted by molar-refractivity contribution is -0.120. The van der Waals surface area contributed by atoms with Crippen molar-refractivity contribution in [3.05, 3.63) is 66.1 Å². The van der Waals surface area contributed by atoms with E-state index < -0.39 is 0 Å². The number of rotatable bonds is 8. The zero-order valence-electron chi connectivity index (χ0n) is 14.5. The van der Waals surface area contributed by atoms with Crippen molar-refractivity contribution in [2.24, 2.45) is 0 Å². The number of benzene rings is 1. The van der Waals surface area contributed by atoms with Gasteiger partial charge in [0, 0.05) is 6.54 Å². The van der Waals surface area contributed by atoms with Gasteiger partial charge >= 0.3 is 0 Å². The average molecular weight is 385 g/mol. The number of aromatic nitrogens is 3. The third-order valence-electron chi connectivity index (χ3n) is 3.71. The number of carbonyl (C=O) groups is 1. The Morgan fingerprint density at radius 3 is 2.81 bits per heavy atom. The Morgan fingerprint density at radius 2 is 2.12 bits per heavy atom. The van der Waals surface area contributed by atoms with E-state index in [9.17, 15) is 4.79 Å². The Morgan fingerprint density at radius 1 is 1.31 bits per heavy atom. The fraction of sp³-hybridized carbons (Fsp3) is 0.211. The minimum Gasteiger partial charge on any atom is -0.352 e. The molecule has 1 amide bonds. The summed E-state index contributed by atoms with van der Waals surface area (Å²) in [5.41, 5.74) is 1.16. The molecule has 134 valence electrons. The number of nitrogens with one attached hydrogen (secondary N) is 1. The molecule has 1 unspecified atom stereocenters. The van der Waals surface area contributed by atoms with Crippen molar-refractivity contribution in [2.75, 3.05) is 6.54 Å². The van der Waals surface area contributed by atoms with Crippen LogP contribution in [0.1, 0.15) is 12.5 Å². The summed E-state index contributed by atoms with van der Waals surface area (Å²) in [4.78, 5) is 13.2. The molecule has 2 aromatic heterocycles. The number of thioether (sulfide) groups is 1. The summed E-state index contributed by atoms with van der Waals surface area (Å²) in [5.74, 6) is 0.784. The quantitative estimate of drug-likeness (QED) is 0.474. The maximum Gasteiger partial charge on any atom is 0.233 e. The molecule has 0 aliphatic heterocycles. The minimum atomic E-state index is -0.273. The molecule has 2 heterocycles. The Labute approximate surface area is 161 Å². The van der Waals surface area contributed by atoms with Crippen LogP contribution in [0.3, 0.4) is 0 Å². The van der Waals surface area contributed by atoms with E-state index in [1.54, 1.807) is 17.4 Å². The van der Waals surface area contributed by atoms with Crippen LogP contribution in [0.5, 0.6) is 0 Å². The van der Waals surface area contributed by atoms with Crippen LogP contribution in [0.15, 0.2) is 65.7 Å². The van der Waals surface area contributed by atoms with Crippen LogP contribution in [-0.2, 0) is 11.3 Å². The van der Waals surface area contributed by atoms with Gasteiger partial charge in [0.05, 0.1) is 16.7 Å². The van der Waals surface area contributed by atoms with E-state index in [2.05, 4.69) is 38.8 Å². The van der Waals surface area contributed by atoms with Crippen molar-refractivity contribution < 1.29 is 4.79 Å². The highest BCUT2D eigenvalue weighted by Crippen LogP contribution is 2.30. The monoisotopic (exact) mass is 384 g/mol. The Balaban J connectivity index is 1.87. The molecule has 0 spiro atoms. The van der Waals surface area contributed by atoms with Gasteiger partial charge in [-0.25, -0.2) is 0 Å². The van der Waals surface area contributed by atoms with E-state index in [1.165, 1.54) is 11.8 Å². The van der Waals surface area contributed by atoms with E-state index in [0.29, 0.717) is 13.1 Å². The van der Waals surface area contributed by atoms with E-state index in [1.807, 2.05) is 42.6 Å². The molecule has 1 atom stereocenters. The largest absolute Gasteiger partial charge is 0.352 e. The second-order valence-electron chi connectivity index (χ2n) is 5.65. The summed E-state index contributed by atoms with van der Waals surface area (Å²) in [7, 11) is 0. The van der Waals surface area contributed by atoms with Crippen molar-refractivity contribution in [1.29, 1.82) is 0 Å². The van der Waals surface area contributed by atoms with Crippen molar-refractivity contribution >= 4 is 29.0 Å². The Kier molecular flexibility index (Phi) is 6.25. The molecule has 26 heavy (non-hydrogen) atoms. The summed E-state index contributed by atoms with van der Waals surface area (Å²) in [6.45, 7) is 6.61. The lowest BCUT2D eigenvalue weighted by atomic mass is 10.2. The van der Waals surface area contributed by atoms with Crippen LogP contribution in [0, 0.1) is 0 Å². The standard InChI is InChI=1S/C19H20N4OS2/c1-3-11-20-18(24)14(2)26-19-22-21-17(16-10-7-12-25-16)23(19)13-15-8-5-4-6-9-15/h3-10,12,14H,1,11,13H2,2H3,(H,20,24). The molecular weight excluding hydrogens is 364 g/mol. The van der Waals surface area contributed by atoms with Crippen LogP contribution < -0.4 is 5.32 Å². The zero-order valence-corrected chi connectivity index (χ0v) is 16.1. The molecule has 0 saturated heterocycles. The van der Waals surface area contributed by atoms with Crippen LogP contribution in [-0.4, -0.2) is 32.5 Å². The fourth-order valence-electron chi connectivity index (χ4n) is 2.40. The van der Waals surface area contributed by atoms with Crippen LogP contribution in [0.4, 0.5) is 0 Å². The van der Waals surface area contributed by atoms with Gasteiger partial charge in [-0.2, -0.15) is 0 Å². The SMILES string of the molecule is C=CCNC(=O)C(C)Sc1nnc(-c2cccs2)n1Cc1ccccc1. The number of carbonyl (C=O) groups excluding carboxylic acids is 1. The van der Waals surface area contributed by atoms with E-state index >= 15 is 0 Å². The van der Waals surface area contributed by atoms with Gasteiger partial charge in [0.2, 0.25) is 5.91 Å². The number of hydrogen-bond donors (Lipinski definition) is 1. The highest BCUT2D eigenvalue weighted by atomic mass is 32.2. The van der Waals surface area contributed by atoms with Crippen molar-refractivity contribution in [2.45, 2.75) is 23.9 Å². The fourth-order valence-corrected chi connectivity index (χ4v) is 3.99. The molecule has 0 radical (unpaired) electrons. The Hall–Kier alpha value is -2.38. The second kappa shape index (κ2) is 8.82. The summed E-state index contributed by atoms with van der Waals surface area (Å²) in [6, 6.07) is 14.2. The van der Waals surface area contributed by atoms with E-state index in [4.69, 9.17) is 0 Å². The van der Waals surface area contributed by atoms with Gasteiger partial charge in [-0.15, -0.1) is 28.1 Å². The molecule has 0 saturated carbocycles. The normalized spacial score (nSPS) is 11.9. The lowest BCUT2D eigenvalue weighted by Crippen LogP contribution is -2.31. The highest BCUT2D eigenvalue weighted by molar-refractivity contribution is 8.00. The molecule has 1 N–H and O–H groups in total. The molecule has 3 aromatic rings. The molecule has 3 rings (SSSR count). The van der Waals surface area contributed by atoms with Crippen LogP contribution in [0.25, 0.3) is 10.7 Å². The smallest absolute Gasteiger partial charge is 0.233 e. The first-order valence-electron chi connectivity index (χ1n) is 8.25. The molecule has 1 aromatic carbocycles. The maximum atomic E-state index is 12.2. The predicted octanol–water partition coefficient (Wildman–Crippen LogP) is 3.84. The van der Waals surface area contributed by atoms with Gasteiger partial charge < -0.3 is 5.32 Å². The maximum absolute atomic E-state index is 12.2. The van der Waals surface area contributed by atoms with Crippen molar-refractivity contribution in [3.8, 4) is 10.7 Å². The topological polar surface area (TPSA) is 59.8 Å².